The predicted octanol–water partition coefficient (Wildman–Crippen LogP) is 2.66. The lowest BCUT2D eigenvalue weighted by molar-refractivity contribution is -0.150. The Labute approximate surface area is 102 Å². The minimum absolute atomic E-state index is 0.342. The van der Waals surface area contributed by atoms with Crippen LogP contribution < -0.4 is 0 Å². The number of rotatable bonds is 6. The van der Waals surface area contributed by atoms with E-state index in [2.05, 4.69) is 0 Å². The fraction of sp³-hybridized carbons (Fsp3) is 0.500. The quantitative estimate of drug-likeness (QED) is 0.826. The third kappa shape index (κ3) is 5.00. The van der Waals surface area contributed by atoms with Gasteiger partial charge in [0.05, 0.1) is 6.61 Å². The van der Waals surface area contributed by atoms with Gasteiger partial charge in [-0.3, -0.25) is 0 Å². The molecule has 1 aromatic carbocycles. The van der Waals surface area contributed by atoms with Gasteiger partial charge in [-0.05, 0) is 18.4 Å². The molecule has 94 valence electrons. The zero-order valence-electron chi connectivity index (χ0n) is 10.6. The van der Waals surface area contributed by atoms with Crippen molar-refractivity contribution in [1.82, 2.24) is 0 Å². The van der Waals surface area contributed by atoms with E-state index < -0.39 is 12.1 Å². The molecule has 3 nitrogen and oxygen atoms in total. The summed E-state index contributed by atoms with van der Waals surface area (Å²) < 4.78 is 5.40. The number of benzene rings is 1. The van der Waals surface area contributed by atoms with Crippen LogP contribution >= 0.6 is 0 Å². The maximum atomic E-state index is 11.1. The summed E-state index contributed by atoms with van der Waals surface area (Å²) in [6.07, 6.45) is -0.331. The summed E-state index contributed by atoms with van der Waals surface area (Å²) in [7, 11) is 0. The average molecular weight is 236 g/mol. The molecule has 0 aromatic heterocycles. The molecule has 0 amide bonds. The first-order chi connectivity index (χ1) is 7.99. The van der Waals surface area contributed by atoms with E-state index in [1.54, 1.807) is 0 Å². The molecule has 0 aliphatic carbocycles. The lowest BCUT2D eigenvalue weighted by atomic mass is 10.1. The largest absolute Gasteiger partial charge is 0.479 e. The molecule has 1 N–H and O–H groups in total. The van der Waals surface area contributed by atoms with E-state index in [4.69, 9.17) is 9.84 Å². The summed E-state index contributed by atoms with van der Waals surface area (Å²) in [6, 6.07) is 7.86. The second kappa shape index (κ2) is 6.40. The highest BCUT2D eigenvalue weighted by Gasteiger charge is 2.18. The Bertz CT molecular complexity index is 354. The molecule has 1 rings (SSSR count). The van der Waals surface area contributed by atoms with E-state index in [1.807, 2.05) is 45.0 Å². The van der Waals surface area contributed by atoms with E-state index in [0.29, 0.717) is 18.9 Å². The van der Waals surface area contributed by atoms with Crippen molar-refractivity contribution < 1.29 is 14.6 Å². The molecule has 1 atom stereocenters. The van der Waals surface area contributed by atoms with Gasteiger partial charge in [0, 0.05) is 6.42 Å². The number of hydrogen-bond donors (Lipinski definition) is 1. The first-order valence-corrected chi connectivity index (χ1v) is 5.89. The zero-order chi connectivity index (χ0) is 12.8. The van der Waals surface area contributed by atoms with Crippen molar-refractivity contribution in [2.24, 2.45) is 5.92 Å². The van der Waals surface area contributed by atoms with Crippen LogP contribution in [-0.4, -0.2) is 23.8 Å². The van der Waals surface area contributed by atoms with Gasteiger partial charge in [-0.25, -0.2) is 4.79 Å². The molecule has 0 saturated carbocycles. The van der Waals surface area contributed by atoms with Crippen LogP contribution in [0.1, 0.15) is 25.0 Å². The van der Waals surface area contributed by atoms with Crippen molar-refractivity contribution in [1.29, 1.82) is 0 Å². The summed E-state index contributed by atoms with van der Waals surface area (Å²) in [4.78, 5) is 11.1. The van der Waals surface area contributed by atoms with Gasteiger partial charge in [-0.2, -0.15) is 0 Å². The van der Waals surface area contributed by atoms with Gasteiger partial charge in [-0.15, -0.1) is 0 Å². The highest BCUT2D eigenvalue weighted by atomic mass is 16.5. The molecule has 0 radical (unpaired) electrons. The Morgan fingerprint density at radius 1 is 1.29 bits per heavy atom. The first-order valence-electron chi connectivity index (χ1n) is 5.89. The summed E-state index contributed by atoms with van der Waals surface area (Å²) in [5, 5.41) is 9.08. The molecule has 1 aromatic rings. The number of carboxylic acids is 1. The molecule has 0 fully saturated rings. The molecule has 0 aliphatic heterocycles. The molecule has 0 saturated heterocycles. The van der Waals surface area contributed by atoms with Crippen LogP contribution in [0.2, 0.25) is 0 Å². The predicted molar refractivity (Wildman–Crippen MR) is 67.1 cm³/mol. The van der Waals surface area contributed by atoms with Crippen LogP contribution in [0, 0.1) is 12.8 Å². The van der Waals surface area contributed by atoms with Gasteiger partial charge in [-0.1, -0.05) is 43.7 Å². The number of hydrogen-bond acceptors (Lipinski definition) is 2. The van der Waals surface area contributed by atoms with Gasteiger partial charge in [0.15, 0.2) is 6.10 Å². The van der Waals surface area contributed by atoms with Crippen molar-refractivity contribution in [2.75, 3.05) is 6.61 Å². The third-order valence-corrected chi connectivity index (χ3v) is 2.45. The normalized spacial score (nSPS) is 12.7. The van der Waals surface area contributed by atoms with Crippen LogP contribution in [0.3, 0.4) is 0 Å². The molecule has 0 aliphatic rings. The minimum atomic E-state index is -0.897. The fourth-order valence-electron chi connectivity index (χ4n) is 1.46. The van der Waals surface area contributed by atoms with Crippen LogP contribution in [0.25, 0.3) is 0 Å². The standard InChI is InChI=1S/C14H20O3/c1-10(2)9-17-13(14(15)16)8-12-6-4-11(3)5-7-12/h4-7,10,13H,8-9H2,1-3H3,(H,15,16). The summed E-state index contributed by atoms with van der Waals surface area (Å²) >= 11 is 0. The van der Waals surface area contributed by atoms with E-state index in [-0.39, 0.29) is 0 Å². The Balaban J connectivity index is 2.60. The minimum Gasteiger partial charge on any atom is -0.479 e. The van der Waals surface area contributed by atoms with Crippen molar-refractivity contribution in [2.45, 2.75) is 33.3 Å². The van der Waals surface area contributed by atoms with Gasteiger partial charge in [0.1, 0.15) is 0 Å². The van der Waals surface area contributed by atoms with E-state index >= 15 is 0 Å². The topological polar surface area (TPSA) is 46.5 Å². The molecular formula is C14H20O3. The number of ether oxygens (including phenoxy) is 1. The van der Waals surface area contributed by atoms with E-state index in [0.717, 1.165) is 5.56 Å². The van der Waals surface area contributed by atoms with Crippen LogP contribution in [-0.2, 0) is 16.0 Å². The van der Waals surface area contributed by atoms with Crippen LogP contribution in [0.4, 0.5) is 0 Å². The molecular weight excluding hydrogens is 216 g/mol. The molecule has 1 unspecified atom stereocenters. The first kappa shape index (κ1) is 13.7. The fourth-order valence-corrected chi connectivity index (χ4v) is 1.46. The van der Waals surface area contributed by atoms with Crippen molar-refractivity contribution in [3.05, 3.63) is 35.4 Å². The van der Waals surface area contributed by atoms with E-state index in [9.17, 15) is 4.79 Å². The SMILES string of the molecule is Cc1ccc(CC(OCC(C)C)C(=O)O)cc1. The number of aliphatic carboxylic acids is 1. The van der Waals surface area contributed by atoms with Gasteiger partial charge >= 0.3 is 5.97 Å². The third-order valence-electron chi connectivity index (χ3n) is 2.45. The molecule has 3 heteroatoms. The second-order valence-corrected chi connectivity index (χ2v) is 4.74. The maximum absolute atomic E-state index is 11.1. The molecule has 17 heavy (non-hydrogen) atoms. The van der Waals surface area contributed by atoms with Gasteiger partial charge in [0.2, 0.25) is 0 Å². The summed E-state index contributed by atoms with van der Waals surface area (Å²) in [5.74, 6) is -0.555. The Kier molecular flexibility index (Phi) is 5.16. The number of aryl methyl sites for hydroxylation is 1. The van der Waals surface area contributed by atoms with E-state index in [1.165, 1.54) is 5.56 Å². The molecule has 0 spiro atoms. The lowest BCUT2D eigenvalue weighted by Gasteiger charge is -2.15. The summed E-state index contributed by atoms with van der Waals surface area (Å²) in [5.41, 5.74) is 2.16. The maximum Gasteiger partial charge on any atom is 0.333 e. The summed E-state index contributed by atoms with van der Waals surface area (Å²) in [6.45, 7) is 6.49. The van der Waals surface area contributed by atoms with Crippen molar-refractivity contribution in [3.63, 3.8) is 0 Å². The van der Waals surface area contributed by atoms with Gasteiger partial charge < -0.3 is 9.84 Å². The van der Waals surface area contributed by atoms with Crippen LogP contribution in [0.15, 0.2) is 24.3 Å². The number of carbonyl (C=O) groups is 1. The highest BCUT2D eigenvalue weighted by molar-refractivity contribution is 5.72. The van der Waals surface area contributed by atoms with Crippen molar-refractivity contribution in [3.8, 4) is 0 Å². The Hall–Kier alpha value is -1.35. The molecule has 0 heterocycles. The average Bonchev–Trinajstić information content (AvgIpc) is 2.26. The van der Waals surface area contributed by atoms with Gasteiger partial charge in [0.25, 0.3) is 0 Å². The highest BCUT2D eigenvalue weighted by Crippen LogP contribution is 2.09. The number of carboxylic acid groups (broad SMARTS) is 1. The van der Waals surface area contributed by atoms with Crippen LogP contribution in [0.5, 0.6) is 0 Å². The monoisotopic (exact) mass is 236 g/mol. The Morgan fingerprint density at radius 2 is 1.88 bits per heavy atom. The van der Waals surface area contributed by atoms with Crippen molar-refractivity contribution >= 4 is 5.97 Å². The zero-order valence-corrected chi connectivity index (χ0v) is 10.6. The molecule has 0 bridgehead atoms. The Morgan fingerprint density at radius 3 is 2.35 bits per heavy atom. The second-order valence-electron chi connectivity index (χ2n) is 4.74. The smallest absolute Gasteiger partial charge is 0.333 e. The lowest BCUT2D eigenvalue weighted by Crippen LogP contribution is -2.27.